The summed E-state index contributed by atoms with van der Waals surface area (Å²) < 4.78 is 13.5. The summed E-state index contributed by atoms with van der Waals surface area (Å²) in [4.78, 5) is 4.54. The molecule has 0 aliphatic carbocycles. The second-order valence-corrected chi connectivity index (χ2v) is 7.41. The number of hydrogen-bond donors (Lipinski definition) is 1. The van der Waals surface area contributed by atoms with E-state index in [1.807, 2.05) is 13.0 Å². The van der Waals surface area contributed by atoms with Gasteiger partial charge in [-0.1, -0.05) is 12.1 Å². The van der Waals surface area contributed by atoms with Gasteiger partial charge in [-0.05, 0) is 45.4 Å². The molecule has 1 atom stereocenters. The first-order chi connectivity index (χ1) is 9.83. The normalized spacial score (nSPS) is 13.4. The highest BCUT2D eigenvalue weighted by Crippen LogP contribution is 2.23. The van der Waals surface area contributed by atoms with Crippen molar-refractivity contribution >= 4 is 11.3 Å². The number of hydrogen-bond acceptors (Lipinski definition) is 3. The van der Waals surface area contributed by atoms with Crippen molar-refractivity contribution in [2.24, 2.45) is 0 Å². The monoisotopic (exact) mass is 306 g/mol. The minimum Gasteiger partial charge on any atom is -0.311 e. The number of aromatic nitrogens is 1. The van der Waals surface area contributed by atoms with E-state index < -0.39 is 0 Å². The molecule has 0 radical (unpaired) electrons. The van der Waals surface area contributed by atoms with Crippen LogP contribution >= 0.6 is 11.3 Å². The van der Waals surface area contributed by atoms with Crippen LogP contribution in [0.5, 0.6) is 0 Å². The summed E-state index contributed by atoms with van der Waals surface area (Å²) in [7, 11) is 0. The molecule has 2 aromatic rings. The van der Waals surface area contributed by atoms with Crippen molar-refractivity contribution in [3.63, 3.8) is 0 Å². The molecule has 0 aliphatic rings. The third-order valence-corrected chi connectivity index (χ3v) is 4.28. The van der Waals surface area contributed by atoms with E-state index in [-0.39, 0.29) is 17.3 Å². The van der Waals surface area contributed by atoms with Crippen LogP contribution in [0.25, 0.3) is 0 Å². The first kappa shape index (κ1) is 16.1. The van der Waals surface area contributed by atoms with Crippen molar-refractivity contribution in [1.82, 2.24) is 10.3 Å². The van der Waals surface area contributed by atoms with Crippen LogP contribution in [-0.2, 0) is 6.42 Å². The lowest BCUT2D eigenvalue weighted by Gasteiger charge is -2.25. The van der Waals surface area contributed by atoms with Gasteiger partial charge < -0.3 is 5.32 Å². The average molecular weight is 306 g/mol. The predicted molar refractivity (Wildman–Crippen MR) is 87.5 cm³/mol. The van der Waals surface area contributed by atoms with Gasteiger partial charge in [0.15, 0.2) is 0 Å². The Hall–Kier alpha value is -1.26. The second-order valence-electron chi connectivity index (χ2n) is 6.47. The van der Waals surface area contributed by atoms with Gasteiger partial charge in [0, 0.05) is 35.5 Å². The summed E-state index contributed by atoms with van der Waals surface area (Å²) in [5.74, 6) is 0.0500. The predicted octanol–water partition coefficient (Wildman–Crippen LogP) is 4.31. The quantitative estimate of drug-likeness (QED) is 0.890. The maximum atomic E-state index is 13.5. The van der Waals surface area contributed by atoms with E-state index in [1.165, 1.54) is 6.07 Å². The topological polar surface area (TPSA) is 24.9 Å². The highest BCUT2D eigenvalue weighted by molar-refractivity contribution is 7.09. The van der Waals surface area contributed by atoms with Crippen LogP contribution in [0.4, 0.5) is 4.39 Å². The van der Waals surface area contributed by atoms with Crippen LogP contribution in [0.15, 0.2) is 29.6 Å². The minimum atomic E-state index is -0.177. The number of nitrogens with zero attached hydrogens (tertiary/aromatic N) is 1. The summed E-state index contributed by atoms with van der Waals surface area (Å²) in [6.45, 7) is 9.24. The van der Waals surface area contributed by atoms with E-state index >= 15 is 0 Å². The second kappa shape index (κ2) is 6.67. The van der Waals surface area contributed by atoms with Crippen molar-refractivity contribution in [3.05, 3.63) is 51.7 Å². The van der Waals surface area contributed by atoms with E-state index in [9.17, 15) is 4.39 Å². The molecule has 2 nitrogen and oxygen atoms in total. The molecule has 1 aromatic heterocycles. The molecule has 0 amide bonds. The molecule has 0 aliphatic heterocycles. The lowest BCUT2D eigenvalue weighted by molar-refractivity contribution is 0.404. The largest absolute Gasteiger partial charge is 0.311 e. The van der Waals surface area contributed by atoms with E-state index in [1.54, 1.807) is 23.5 Å². The van der Waals surface area contributed by atoms with Crippen molar-refractivity contribution < 1.29 is 4.39 Å². The maximum absolute atomic E-state index is 13.5. The van der Waals surface area contributed by atoms with Crippen LogP contribution in [0.3, 0.4) is 0 Å². The molecule has 0 spiro atoms. The maximum Gasteiger partial charge on any atom is 0.123 e. The lowest BCUT2D eigenvalue weighted by atomic mass is 9.94. The number of halogens is 1. The summed E-state index contributed by atoms with van der Waals surface area (Å²) in [6.07, 6.45) is 0.838. The van der Waals surface area contributed by atoms with Gasteiger partial charge in [0.1, 0.15) is 5.82 Å². The van der Waals surface area contributed by atoms with Gasteiger partial charge in [-0.15, -0.1) is 11.3 Å². The molecule has 1 N–H and O–H groups in total. The van der Waals surface area contributed by atoms with Crippen LogP contribution in [0, 0.1) is 12.7 Å². The number of thiazole rings is 1. The Morgan fingerprint density at radius 2 is 2.10 bits per heavy atom. The summed E-state index contributed by atoms with van der Waals surface area (Å²) >= 11 is 1.68. The van der Waals surface area contributed by atoms with E-state index in [0.717, 1.165) is 29.2 Å². The summed E-state index contributed by atoms with van der Waals surface area (Å²) in [5.41, 5.74) is 2.13. The summed E-state index contributed by atoms with van der Waals surface area (Å²) in [6, 6.07) is 6.90. The molecule has 1 unspecified atom stereocenters. The Morgan fingerprint density at radius 3 is 2.67 bits per heavy atom. The van der Waals surface area contributed by atoms with Gasteiger partial charge in [-0.2, -0.15) is 0 Å². The van der Waals surface area contributed by atoms with Crippen LogP contribution in [0.2, 0.25) is 0 Å². The highest BCUT2D eigenvalue weighted by atomic mass is 32.1. The Labute approximate surface area is 130 Å². The van der Waals surface area contributed by atoms with Crippen molar-refractivity contribution in [2.45, 2.75) is 45.6 Å². The molecule has 114 valence electrons. The van der Waals surface area contributed by atoms with Crippen molar-refractivity contribution in [2.75, 3.05) is 6.54 Å². The van der Waals surface area contributed by atoms with Crippen molar-refractivity contribution in [1.29, 1.82) is 0 Å². The van der Waals surface area contributed by atoms with Gasteiger partial charge in [-0.3, -0.25) is 0 Å². The fourth-order valence-electron chi connectivity index (χ4n) is 2.21. The SMILES string of the molecule is Cc1csc(CC(CNC(C)(C)C)c2cccc(F)c2)n1. The number of benzene rings is 1. The Morgan fingerprint density at radius 1 is 1.33 bits per heavy atom. The molecule has 0 saturated carbocycles. The first-order valence-electron chi connectivity index (χ1n) is 7.25. The zero-order valence-corrected chi connectivity index (χ0v) is 13.9. The Bertz CT molecular complexity index is 586. The molecule has 0 saturated heterocycles. The molecule has 0 bridgehead atoms. The standard InChI is InChI=1S/C17H23FN2S/c1-12-11-21-16(20-12)9-14(10-19-17(2,3)4)13-6-5-7-15(18)8-13/h5-8,11,14,19H,9-10H2,1-4H3. The molecule has 4 heteroatoms. The third-order valence-electron chi connectivity index (χ3n) is 3.29. The third kappa shape index (κ3) is 5.21. The van der Waals surface area contributed by atoms with Crippen molar-refractivity contribution in [3.8, 4) is 0 Å². The first-order valence-corrected chi connectivity index (χ1v) is 8.13. The van der Waals surface area contributed by atoms with Crippen LogP contribution < -0.4 is 5.32 Å². The molecule has 1 aromatic carbocycles. The van der Waals surface area contributed by atoms with E-state index in [0.29, 0.717) is 0 Å². The summed E-state index contributed by atoms with van der Waals surface area (Å²) in [5, 5.41) is 6.69. The molecule has 21 heavy (non-hydrogen) atoms. The van der Waals surface area contributed by atoms with Crippen LogP contribution in [-0.4, -0.2) is 17.1 Å². The number of nitrogens with one attached hydrogen (secondary N) is 1. The minimum absolute atomic E-state index is 0.0460. The van der Waals surface area contributed by atoms with E-state index in [2.05, 4.69) is 36.5 Å². The van der Waals surface area contributed by atoms with Gasteiger partial charge in [0.05, 0.1) is 5.01 Å². The highest BCUT2D eigenvalue weighted by Gasteiger charge is 2.18. The number of aryl methyl sites for hydroxylation is 1. The zero-order chi connectivity index (χ0) is 15.5. The van der Waals surface area contributed by atoms with Gasteiger partial charge in [0.25, 0.3) is 0 Å². The fraction of sp³-hybridized carbons (Fsp3) is 0.471. The Kier molecular flexibility index (Phi) is 5.12. The Balaban J connectivity index is 2.17. The molecule has 1 heterocycles. The van der Waals surface area contributed by atoms with Crippen LogP contribution in [0.1, 0.15) is 43.0 Å². The zero-order valence-electron chi connectivity index (χ0n) is 13.1. The molecule has 2 rings (SSSR count). The lowest BCUT2D eigenvalue weighted by Crippen LogP contribution is -2.39. The fourth-order valence-corrected chi connectivity index (χ4v) is 3.06. The van der Waals surface area contributed by atoms with E-state index in [4.69, 9.17) is 0 Å². The number of rotatable bonds is 5. The molecular formula is C17H23FN2S. The smallest absolute Gasteiger partial charge is 0.123 e. The molecular weight excluding hydrogens is 283 g/mol. The van der Waals surface area contributed by atoms with Gasteiger partial charge in [-0.25, -0.2) is 9.37 Å². The van der Waals surface area contributed by atoms with Gasteiger partial charge in [0.2, 0.25) is 0 Å². The molecule has 0 fully saturated rings. The van der Waals surface area contributed by atoms with Gasteiger partial charge >= 0.3 is 0 Å². The average Bonchev–Trinajstić information content (AvgIpc) is 2.79.